The highest BCUT2D eigenvalue weighted by Crippen LogP contribution is 2.37. The van der Waals surface area contributed by atoms with Crippen molar-refractivity contribution in [1.29, 1.82) is 0 Å². The maximum absolute atomic E-state index is 12.6. The first kappa shape index (κ1) is 23.0. The van der Waals surface area contributed by atoms with Gasteiger partial charge in [0, 0.05) is 35.8 Å². The van der Waals surface area contributed by atoms with Crippen molar-refractivity contribution in [3.05, 3.63) is 45.6 Å². The lowest BCUT2D eigenvalue weighted by Crippen LogP contribution is -2.43. The van der Waals surface area contributed by atoms with Crippen molar-refractivity contribution in [1.82, 2.24) is 5.32 Å². The van der Waals surface area contributed by atoms with Crippen LogP contribution in [-0.2, 0) is 9.53 Å². The smallest absolute Gasteiger partial charge is 0.414 e. The van der Waals surface area contributed by atoms with E-state index in [2.05, 4.69) is 19.2 Å². The van der Waals surface area contributed by atoms with Crippen molar-refractivity contribution in [3.63, 3.8) is 0 Å². The molecule has 3 unspecified atom stereocenters. The lowest BCUT2D eigenvalue weighted by Gasteiger charge is -2.38. The number of halogens is 1. The van der Waals surface area contributed by atoms with E-state index in [1.54, 1.807) is 17.0 Å². The van der Waals surface area contributed by atoms with Crippen LogP contribution in [0, 0.1) is 5.41 Å². The van der Waals surface area contributed by atoms with Crippen molar-refractivity contribution in [2.45, 2.75) is 45.4 Å². The molecule has 1 aromatic carbocycles. The summed E-state index contributed by atoms with van der Waals surface area (Å²) in [5.41, 5.74) is 1.65. The summed E-state index contributed by atoms with van der Waals surface area (Å²) < 4.78 is 6.05. The van der Waals surface area contributed by atoms with Gasteiger partial charge in [0.2, 0.25) is 5.91 Å². The second-order valence-electron chi connectivity index (χ2n) is 8.72. The number of nitrogens with one attached hydrogen (secondary N) is 1. The number of carbonyl (C=O) groups is 2. The minimum absolute atomic E-state index is 0.0826. The number of aliphatic hydroxyl groups is 1. The fourth-order valence-corrected chi connectivity index (χ4v) is 5.12. The molecule has 1 aromatic heterocycles. The van der Waals surface area contributed by atoms with E-state index in [4.69, 9.17) is 16.3 Å². The Kier molecular flexibility index (Phi) is 6.76. The first-order chi connectivity index (χ1) is 15.3. The Labute approximate surface area is 196 Å². The number of cyclic esters (lactones) is 1. The highest BCUT2D eigenvalue weighted by atomic mass is 35.5. The number of carbonyl (C=O) groups excluding carboxylic acids is 2. The fraction of sp³-hybridized carbons (Fsp3) is 0.478. The molecule has 0 radical (unpaired) electrons. The van der Waals surface area contributed by atoms with Crippen molar-refractivity contribution in [3.8, 4) is 0 Å². The monoisotopic (exact) mass is 477 g/mol. The molecule has 2 aliphatic rings. The number of amides is 2. The third-order valence-electron chi connectivity index (χ3n) is 6.42. The molecule has 3 heterocycles. The minimum atomic E-state index is -0.865. The zero-order valence-electron chi connectivity index (χ0n) is 18.2. The van der Waals surface area contributed by atoms with E-state index in [0.29, 0.717) is 35.3 Å². The second-order valence-corrected chi connectivity index (χ2v) is 10.5. The molecule has 2 aromatic rings. The predicted molar refractivity (Wildman–Crippen MR) is 126 cm³/mol. The molecule has 0 aliphatic carbocycles. The SMILES string of the molecule is CCC1(C)CCN(c2ccc(N3CC(CNC(O)c4ccc(Cl)s4)OC3=O)cc2)C(=O)C1. The minimum Gasteiger partial charge on any atom is -0.443 e. The Morgan fingerprint density at radius 2 is 1.91 bits per heavy atom. The predicted octanol–water partition coefficient (Wildman–Crippen LogP) is 4.55. The molecule has 7 nitrogen and oxygen atoms in total. The molecular formula is C23H28ClN3O4S. The molecule has 0 spiro atoms. The van der Waals surface area contributed by atoms with Crippen LogP contribution in [0.3, 0.4) is 0 Å². The zero-order chi connectivity index (χ0) is 22.9. The number of rotatable bonds is 7. The van der Waals surface area contributed by atoms with Gasteiger partial charge in [-0.15, -0.1) is 11.3 Å². The summed E-state index contributed by atoms with van der Waals surface area (Å²) in [7, 11) is 0. The molecule has 2 fully saturated rings. The first-order valence-corrected chi connectivity index (χ1v) is 12.0. The Morgan fingerprint density at radius 1 is 1.22 bits per heavy atom. The number of benzene rings is 1. The van der Waals surface area contributed by atoms with Crippen molar-refractivity contribution >= 4 is 46.3 Å². The average Bonchev–Trinajstić information content (AvgIpc) is 3.38. The van der Waals surface area contributed by atoms with E-state index in [1.165, 1.54) is 11.3 Å². The van der Waals surface area contributed by atoms with Crippen LogP contribution in [0.25, 0.3) is 0 Å². The number of aliphatic hydroxyl groups excluding tert-OH is 1. The van der Waals surface area contributed by atoms with Crippen LogP contribution in [0.4, 0.5) is 16.2 Å². The van der Waals surface area contributed by atoms with Gasteiger partial charge in [0.15, 0.2) is 0 Å². The van der Waals surface area contributed by atoms with Gasteiger partial charge in [0.25, 0.3) is 0 Å². The lowest BCUT2D eigenvalue weighted by atomic mass is 9.78. The summed E-state index contributed by atoms with van der Waals surface area (Å²) in [5.74, 6) is 0.144. The first-order valence-electron chi connectivity index (χ1n) is 10.8. The Balaban J connectivity index is 1.34. The second kappa shape index (κ2) is 9.39. The summed E-state index contributed by atoms with van der Waals surface area (Å²) in [6.07, 6.45) is 0.858. The molecule has 2 saturated heterocycles. The summed E-state index contributed by atoms with van der Waals surface area (Å²) in [6.45, 7) is 5.70. The van der Waals surface area contributed by atoms with Crippen molar-refractivity contribution in [2.75, 3.05) is 29.4 Å². The maximum Gasteiger partial charge on any atom is 0.414 e. The number of thiophene rings is 1. The van der Waals surface area contributed by atoms with Crippen LogP contribution in [0.15, 0.2) is 36.4 Å². The van der Waals surface area contributed by atoms with Crippen molar-refractivity contribution < 1.29 is 19.4 Å². The van der Waals surface area contributed by atoms with Gasteiger partial charge in [-0.2, -0.15) is 0 Å². The molecule has 0 bridgehead atoms. The maximum atomic E-state index is 12.6. The molecule has 2 aliphatic heterocycles. The Hall–Kier alpha value is -2.13. The number of ether oxygens (including phenoxy) is 1. The van der Waals surface area contributed by atoms with Gasteiger partial charge in [-0.25, -0.2) is 4.79 Å². The van der Waals surface area contributed by atoms with Crippen LogP contribution in [0.2, 0.25) is 4.34 Å². The molecule has 9 heteroatoms. The Morgan fingerprint density at radius 3 is 2.50 bits per heavy atom. The molecule has 32 heavy (non-hydrogen) atoms. The number of nitrogens with zero attached hydrogens (tertiary/aromatic N) is 2. The van der Waals surface area contributed by atoms with Gasteiger partial charge in [-0.05, 0) is 48.2 Å². The summed E-state index contributed by atoms with van der Waals surface area (Å²) in [5, 5.41) is 13.2. The van der Waals surface area contributed by atoms with Gasteiger partial charge in [0.1, 0.15) is 12.3 Å². The van der Waals surface area contributed by atoms with Gasteiger partial charge < -0.3 is 14.7 Å². The van der Waals surface area contributed by atoms with E-state index in [9.17, 15) is 14.7 Å². The van der Waals surface area contributed by atoms with Gasteiger partial charge in [-0.1, -0.05) is 31.9 Å². The van der Waals surface area contributed by atoms with E-state index < -0.39 is 12.3 Å². The summed E-state index contributed by atoms with van der Waals surface area (Å²) in [4.78, 5) is 29.1. The standard InChI is InChI=1S/C23H28ClN3O4S/c1-3-23(2)10-11-26(20(28)12-23)15-4-6-16(7-5-15)27-14-17(31-22(27)30)13-25-21(29)18-8-9-19(24)32-18/h4-9,17,21,25,29H,3,10-14H2,1-2H3. The molecule has 2 N–H and O–H groups in total. The number of piperidine rings is 1. The zero-order valence-corrected chi connectivity index (χ0v) is 19.8. The largest absolute Gasteiger partial charge is 0.443 e. The number of anilines is 2. The van der Waals surface area contributed by atoms with Crippen LogP contribution in [-0.4, -0.2) is 42.8 Å². The van der Waals surface area contributed by atoms with E-state index in [1.807, 2.05) is 29.2 Å². The van der Waals surface area contributed by atoms with E-state index >= 15 is 0 Å². The number of hydrogen-bond donors (Lipinski definition) is 2. The Bertz CT molecular complexity index is 982. The third-order valence-corrected chi connectivity index (χ3v) is 7.70. The fourth-order valence-electron chi connectivity index (χ4n) is 4.10. The molecular weight excluding hydrogens is 450 g/mol. The van der Waals surface area contributed by atoms with Gasteiger partial charge in [0.05, 0.1) is 10.9 Å². The van der Waals surface area contributed by atoms with E-state index in [0.717, 1.165) is 24.2 Å². The van der Waals surface area contributed by atoms with Crippen LogP contribution in [0.5, 0.6) is 0 Å². The topological polar surface area (TPSA) is 82.1 Å². The van der Waals surface area contributed by atoms with Crippen molar-refractivity contribution in [2.24, 2.45) is 5.41 Å². The normalized spacial score (nSPS) is 24.7. The molecule has 4 rings (SSSR count). The highest BCUT2D eigenvalue weighted by molar-refractivity contribution is 7.16. The molecule has 0 saturated carbocycles. The van der Waals surface area contributed by atoms with Gasteiger partial charge in [-0.3, -0.25) is 15.0 Å². The van der Waals surface area contributed by atoms with Crippen LogP contribution in [0.1, 0.15) is 44.2 Å². The summed E-state index contributed by atoms with van der Waals surface area (Å²) >= 11 is 7.20. The summed E-state index contributed by atoms with van der Waals surface area (Å²) in [6, 6.07) is 10.9. The molecule has 172 valence electrons. The van der Waals surface area contributed by atoms with Crippen LogP contribution >= 0.6 is 22.9 Å². The molecule has 2 amide bonds. The third kappa shape index (κ3) is 4.93. The number of hydrogen-bond acceptors (Lipinski definition) is 6. The highest BCUT2D eigenvalue weighted by Gasteiger charge is 2.35. The average molecular weight is 478 g/mol. The van der Waals surface area contributed by atoms with Gasteiger partial charge >= 0.3 is 6.09 Å². The van der Waals surface area contributed by atoms with Crippen LogP contribution < -0.4 is 15.1 Å². The lowest BCUT2D eigenvalue weighted by molar-refractivity contribution is -0.122. The quantitative estimate of drug-likeness (QED) is 0.572. The van der Waals surface area contributed by atoms with E-state index in [-0.39, 0.29) is 17.4 Å². The molecule has 3 atom stereocenters.